The number of aromatic carboxylic acids is 1. The summed E-state index contributed by atoms with van der Waals surface area (Å²) in [7, 11) is 0. The first-order valence-corrected chi connectivity index (χ1v) is 6.13. The molecule has 0 bridgehead atoms. The minimum Gasteiger partial charge on any atom is -0.478 e. The summed E-state index contributed by atoms with van der Waals surface area (Å²) in [5.74, 6) is -2.28. The highest BCUT2D eigenvalue weighted by atomic mass is 19.1. The quantitative estimate of drug-likeness (QED) is 0.806. The Morgan fingerprint density at radius 1 is 1.33 bits per heavy atom. The van der Waals surface area contributed by atoms with Crippen LogP contribution in [0.2, 0.25) is 0 Å². The molecule has 0 saturated carbocycles. The number of aromatic nitrogens is 2. The van der Waals surface area contributed by atoms with E-state index < -0.39 is 23.4 Å². The Labute approximate surface area is 119 Å². The molecule has 0 atom stereocenters. The molecule has 0 aliphatic heterocycles. The van der Waals surface area contributed by atoms with Gasteiger partial charge < -0.3 is 15.7 Å². The molecule has 0 saturated heterocycles. The van der Waals surface area contributed by atoms with Gasteiger partial charge in [0.1, 0.15) is 5.82 Å². The second-order valence-corrected chi connectivity index (χ2v) is 4.16. The highest BCUT2D eigenvalue weighted by Crippen LogP contribution is 2.15. The topological polar surface area (TPSA) is 96.2 Å². The van der Waals surface area contributed by atoms with E-state index in [1.807, 2.05) is 6.92 Å². The van der Waals surface area contributed by atoms with Gasteiger partial charge >= 0.3 is 12.0 Å². The van der Waals surface area contributed by atoms with Crippen LogP contribution in [0, 0.1) is 5.82 Å². The van der Waals surface area contributed by atoms with Crippen LogP contribution in [0.3, 0.4) is 0 Å². The van der Waals surface area contributed by atoms with Gasteiger partial charge in [-0.3, -0.25) is 4.68 Å². The predicted octanol–water partition coefficient (Wildman–Crippen LogP) is 2.38. The number of carbonyl (C=O) groups is 2. The standard InChI is InChI=1S/C13H13FN4O3/c1-2-18-7-9(6-15-18)17-13(21)16-8-3-4-10(12(19)20)11(14)5-8/h3-7H,2H2,1H3,(H,19,20)(H2,16,17,21). The number of halogens is 1. The van der Waals surface area contributed by atoms with Gasteiger partial charge in [0.2, 0.25) is 0 Å². The molecule has 3 N–H and O–H groups in total. The molecule has 1 aromatic heterocycles. The van der Waals surface area contributed by atoms with Crippen LogP contribution in [0.5, 0.6) is 0 Å². The van der Waals surface area contributed by atoms with Crippen molar-refractivity contribution in [2.75, 3.05) is 10.6 Å². The first kappa shape index (κ1) is 14.5. The number of anilines is 2. The molecule has 1 aromatic carbocycles. The van der Waals surface area contributed by atoms with E-state index in [2.05, 4.69) is 15.7 Å². The van der Waals surface area contributed by atoms with E-state index in [9.17, 15) is 14.0 Å². The summed E-state index contributed by atoms with van der Waals surface area (Å²) >= 11 is 0. The van der Waals surface area contributed by atoms with E-state index in [4.69, 9.17) is 5.11 Å². The minimum atomic E-state index is -1.37. The van der Waals surface area contributed by atoms with E-state index in [1.165, 1.54) is 12.3 Å². The summed E-state index contributed by atoms with van der Waals surface area (Å²) in [6, 6.07) is 2.76. The molecule has 110 valence electrons. The van der Waals surface area contributed by atoms with Gasteiger partial charge in [-0.25, -0.2) is 14.0 Å². The average molecular weight is 292 g/mol. The van der Waals surface area contributed by atoms with E-state index >= 15 is 0 Å². The molecule has 1 heterocycles. The van der Waals surface area contributed by atoms with Gasteiger partial charge in [0.05, 0.1) is 17.4 Å². The Bertz CT molecular complexity index is 684. The number of hydrogen-bond acceptors (Lipinski definition) is 3. The fraction of sp³-hybridized carbons (Fsp3) is 0.154. The summed E-state index contributed by atoms with van der Waals surface area (Å²) < 4.78 is 15.1. The number of carboxylic acid groups (broad SMARTS) is 1. The van der Waals surface area contributed by atoms with Crippen LogP contribution in [-0.4, -0.2) is 26.9 Å². The van der Waals surface area contributed by atoms with E-state index in [0.717, 1.165) is 12.1 Å². The maximum Gasteiger partial charge on any atom is 0.338 e. The third-order valence-corrected chi connectivity index (χ3v) is 2.67. The molecule has 0 radical (unpaired) electrons. The lowest BCUT2D eigenvalue weighted by atomic mass is 10.2. The third-order valence-electron chi connectivity index (χ3n) is 2.67. The predicted molar refractivity (Wildman–Crippen MR) is 73.9 cm³/mol. The second-order valence-electron chi connectivity index (χ2n) is 4.16. The largest absolute Gasteiger partial charge is 0.478 e. The second kappa shape index (κ2) is 6.04. The van der Waals surface area contributed by atoms with Crippen LogP contribution >= 0.6 is 0 Å². The third kappa shape index (κ3) is 3.56. The number of nitrogens with one attached hydrogen (secondary N) is 2. The maximum atomic E-state index is 13.5. The van der Waals surface area contributed by atoms with Gasteiger partial charge in [0.25, 0.3) is 0 Å². The molecular formula is C13H13FN4O3. The first-order chi connectivity index (χ1) is 9.99. The zero-order valence-corrected chi connectivity index (χ0v) is 11.1. The Kier molecular flexibility index (Phi) is 4.17. The molecule has 0 fully saturated rings. The highest BCUT2D eigenvalue weighted by molar-refractivity contribution is 6.00. The van der Waals surface area contributed by atoms with Crippen molar-refractivity contribution in [1.82, 2.24) is 9.78 Å². The zero-order chi connectivity index (χ0) is 15.4. The van der Waals surface area contributed by atoms with Gasteiger partial charge in [-0.1, -0.05) is 0 Å². The smallest absolute Gasteiger partial charge is 0.338 e. The number of urea groups is 1. The molecule has 21 heavy (non-hydrogen) atoms. The number of carboxylic acids is 1. The van der Waals surface area contributed by atoms with E-state index in [0.29, 0.717) is 12.2 Å². The molecule has 0 aliphatic rings. The van der Waals surface area contributed by atoms with Crippen molar-refractivity contribution in [3.63, 3.8) is 0 Å². The lowest BCUT2D eigenvalue weighted by Crippen LogP contribution is -2.19. The average Bonchev–Trinajstić information content (AvgIpc) is 2.85. The normalized spacial score (nSPS) is 10.2. The van der Waals surface area contributed by atoms with E-state index in [-0.39, 0.29) is 5.69 Å². The van der Waals surface area contributed by atoms with Crippen molar-refractivity contribution in [1.29, 1.82) is 0 Å². The summed E-state index contributed by atoms with van der Waals surface area (Å²) in [4.78, 5) is 22.4. The number of rotatable bonds is 4. The Morgan fingerprint density at radius 2 is 2.05 bits per heavy atom. The van der Waals surface area contributed by atoms with Crippen LogP contribution < -0.4 is 10.6 Å². The number of aryl methyl sites for hydroxylation is 1. The number of hydrogen-bond donors (Lipinski definition) is 3. The summed E-state index contributed by atoms with van der Waals surface area (Å²) in [5.41, 5.74) is 0.194. The molecule has 7 nitrogen and oxygen atoms in total. The molecule has 2 aromatic rings. The van der Waals surface area contributed by atoms with Crippen molar-refractivity contribution >= 4 is 23.4 Å². The van der Waals surface area contributed by atoms with Gasteiger partial charge in [-0.2, -0.15) is 5.10 Å². The summed E-state index contributed by atoms with van der Waals surface area (Å²) in [6.45, 7) is 2.58. The number of carbonyl (C=O) groups excluding carboxylic acids is 1. The Balaban J connectivity index is 2.02. The minimum absolute atomic E-state index is 0.151. The van der Waals surface area contributed by atoms with Gasteiger partial charge in [-0.05, 0) is 25.1 Å². The Hall–Kier alpha value is -2.90. The lowest BCUT2D eigenvalue weighted by Gasteiger charge is -2.07. The van der Waals surface area contributed by atoms with Crippen molar-refractivity contribution < 1.29 is 19.1 Å². The molecular weight excluding hydrogens is 279 g/mol. The van der Waals surface area contributed by atoms with Crippen LogP contribution in [-0.2, 0) is 6.54 Å². The molecule has 2 amide bonds. The molecule has 8 heteroatoms. The SMILES string of the molecule is CCn1cc(NC(=O)Nc2ccc(C(=O)O)c(F)c2)cn1. The van der Waals surface area contributed by atoms with Gasteiger partial charge in [0.15, 0.2) is 0 Å². The number of nitrogens with zero attached hydrogens (tertiary/aromatic N) is 2. The highest BCUT2D eigenvalue weighted by Gasteiger charge is 2.11. The molecule has 0 spiro atoms. The Morgan fingerprint density at radius 3 is 2.62 bits per heavy atom. The zero-order valence-electron chi connectivity index (χ0n) is 11.1. The van der Waals surface area contributed by atoms with Crippen LogP contribution in [0.1, 0.15) is 17.3 Å². The van der Waals surface area contributed by atoms with Crippen molar-refractivity contribution in [2.45, 2.75) is 13.5 Å². The maximum absolute atomic E-state index is 13.5. The van der Waals surface area contributed by atoms with Gasteiger partial charge in [-0.15, -0.1) is 0 Å². The van der Waals surface area contributed by atoms with Crippen molar-refractivity contribution in [2.24, 2.45) is 0 Å². The summed E-state index contributed by atoms with van der Waals surface area (Å²) in [6.07, 6.45) is 3.13. The van der Waals surface area contributed by atoms with Crippen LogP contribution in [0.25, 0.3) is 0 Å². The molecule has 0 unspecified atom stereocenters. The van der Waals surface area contributed by atoms with Crippen LogP contribution in [0.15, 0.2) is 30.6 Å². The van der Waals surface area contributed by atoms with Gasteiger partial charge in [0, 0.05) is 18.4 Å². The first-order valence-electron chi connectivity index (χ1n) is 6.13. The molecule has 0 aliphatic carbocycles. The summed E-state index contributed by atoms with van der Waals surface area (Å²) in [5, 5.41) is 17.6. The number of amides is 2. The fourth-order valence-electron chi connectivity index (χ4n) is 1.66. The monoisotopic (exact) mass is 292 g/mol. The molecule has 2 rings (SSSR count). The number of benzene rings is 1. The van der Waals surface area contributed by atoms with E-state index in [1.54, 1.807) is 10.9 Å². The van der Waals surface area contributed by atoms with Crippen LogP contribution in [0.4, 0.5) is 20.6 Å². The lowest BCUT2D eigenvalue weighted by molar-refractivity contribution is 0.0692. The fourth-order valence-corrected chi connectivity index (χ4v) is 1.66. The van der Waals surface area contributed by atoms with Crippen molar-refractivity contribution in [3.05, 3.63) is 42.0 Å². The van der Waals surface area contributed by atoms with Crippen molar-refractivity contribution in [3.8, 4) is 0 Å².